The monoisotopic (exact) mass is 306 g/mol. The van der Waals surface area contributed by atoms with E-state index in [4.69, 9.17) is 9.47 Å². The van der Waals surface area contributed by atoms with Crippen molar-refractivity contribution in [3.05, 3.63) is 23.8 Å². The van der Waals surface area contributed by atoms with Crippen LogP contribution in [0.5, 0.6) is 11.5 Å². The van der Waals surface area contributed by atoms with Crippen molar-refractivity contribution >= 4 is 5.91 Å². The van der Waals surface area contributed by atoms with Gasteiger partial charge < -0.3 is 19.7 Å². The summed E-state index contributed by atoms with van der Waals surface area (Å²) in [5.41, 5.74) is 1.16. The van der Waals surface area contributed by atoms with Crippen LogP contribution in [0.1, 0.15) is 24.8 Å². The summed E-state index contributed by atoms with van der Waals surface area (Å²) in [5, 5.41) is 3.23. The molecule has 1 aromatic carbocycles. The molecule has 1 saturated heterocycles. The van der Waals surface area contributed by atoms with Gasteiger partial charge in [-0.3, -0.25) is 4.79 Å². The van der Waals surface area contributed by atoms with Crippen molar-refractivity contribution in [2.75, 3.05) is 40.4 Å². The fourth-order valence-corrected chi connectivity index (χ4v) is 2.72. The SMILES string of the molecule is COc1ccc(CCNCC(=O)N2CCCCC2)cc1OC. The third-order valence-corrected chi connectivity index (χ3v) is 4.02. The molecule has 2 rings (SSSR count). The van der Waals surface area contributed by atoms with Crippen molar-refractivity contribution < 1.29 is 14.3 Å². The normalized spacial score (nSPS) is 14.7. The minimum atomic E-state index is 0.215. The number of ether oxygens (including phenoxy) is 2. The topological polar surface area (TPSA) is 50.8 Å². The quantitative estimate of drug-likeness (QED) is 0.781. The van der Waals surface area contributed by atoms with E-state index in [1.807, 2.05) is 23.1 Å². The first-order chi connectivity index (χ1) is 10.7. The second kappa shape index (κ2) is 8.63. The molecule has 1 amide bonds. The van der Waals surface area contributed by atoms with Crippen LogP contribution in [0.25, 0.3) is 0 Å². The van der Waals surface area contributed by atoms with Crippen molar-refractivity contribution in [1.29, 1.82) is 0 Å². The van der Waals surface area contributed by atoms with Gasteiger partial charge in [-0.1, -0.05) is 6.07 Å². The van der Waals surface area contributed by atoms with Crippen molar-refractivity contribution in [3.63, 3.8) is 0 Å². The third-order valence-electron chi connectivity index (χ3n) is 4.02. The molecule has 0 spiro atoms. The lowest BCUT2D eigenvalue weighted by Crippen LogP contribution is -2.41. The van der Waals surface area contributed by atoms with Gasteiger partial charge in [0.05, 0.1) is 20.8 Å². The van der Waals surface area contributed by atoms with Gasteiger partial charge >= 0.3 is 0 Å². The summed E-state index contributed by atoms with van der Waals surface area (Å²) in [6.45, 7) is 3.02. The van der Waals surface area contributed by atoms with Gasteiger partial charge in [0.25, 0.3) is 0 Å². The van der Waals surface area contributed by atoms with Gasteiger partial charge in [0, 0.05) is 13.1 Å². The van der Waals surface area contributed by atoms with Gasteiger partial charge in [-0.25, -0.2) is 0 Å². The molecule has 22 heavy (non-hydrogen) atoms. The Kier molecular flexibility index (Phi) is 6.52. The molecule has 0 bridgehead atoms. The zero-order valence-electron chi connectivity index (χ0n) is 13.6. The molecule has 1 heterocycles. The number of hydrogen-bond donors (Lipinski definition) is 1. The summed E-state index contributed by atoms with van der Waals surface area (Å²) in [6, 6.07) is 5.91. The van der Waals surface area contributed by atoms with Crippen LogP contribution in [-0.2, 0) is 11.2 Å². The third kappa shape index (κ3) is 4.63. The van der Waals surface area contributed by atoms with Crippen molar-refractivity contribution in [1.82, 2.24) is 10.2 Å². The summed E-state index contributed by atoms with van der Waals surface area (Å²) >= 11 is 0. The van der Waals surface area contributed by atoms with Crippen LogP contribution in [0.4, 0.5) is 0 Å². The first-order valence-electron chi connectivity index (χ1n) is 7.94. The van der Waals surface area contributed by atoms with E-state index in [1.54, 1.807) is 14.2 Å². The lowest BCUT2D eigenvalue weighted by molar-refractivity contribution is -0.131. The van der Waals surface area contributed by atoms with E-state index >= 15 is 0 Å². The van der Waals surface area contributed by atoms with Gasteiger partial charge in [-0.05, 0) is 49.9 Å². The summed E-state index contributed by atoms with van der Waals surface area (Å²) in [5.74, 6) is 1.69. The molecule has 0 atom stereocenters. The number of hydrogen-bond acceptors (Lipinski definition) is 4. The molecule has 0 saturated carbocycles. The van der Waals surface area contributed by atoms with Gasteiger partial charge in [0.15, 0.2) is 11.5 Å². The number of carbonyl (C=O) groups excluding carboxylic acids is 1. The minimum absolute atomic E-state index is 0.215. The molecule has 1 fully saturated rings. The Morgan fingerprint density at radius 2 is 1.86 bits per heavy atom. The van der Waals surface area contributed by atoms with Gasteiger partial charge in [0.1, 0.15) is 0 Å². The molecule has 1 aliphatic heterocycles. The minimum Gasteiger partial charge on any atom is -0.493 e. The second-order valence-corrected chi connectivity index (χ2v) is 5.56. The summed E-state index contributed by atoms with van der Waals surface area (Å²) in [7, 11) is 3.27. The Morgan fingerprint density at radius 1 is 1.14 bits per heavy atom. The average Bonchev–Trinajstić information content (AvgIpc) is 2.59. The number of benzene rings is 1. The van der Waals surface area contributed by atoms with Crippen molar-refractivity contribution in [2.45, 2.75) is 25.7 Å². The maximum Gasteiger partial charge on any atom is 0.236 e. The number of piperidine rings is 1. The van der Waals surface area contributed by atoms with Crippen LogP contribution < -0.4 is 14.8 Å². The number of amides is 1. The zero-order valence-corrected chi connectivity index (χ0v) is 13.6. The highest BCUT2D eigenvalue weighted by atomic mass is 16.5. The predicted molar refractivity (Wildman–Crippen MR) is 86.6 cm³/mol. The van der Waals surface area contributed by atoms with Crippen LogP contribution in [0.2, 0.25) is 0 Å². The van der Waals surface area contributed by atoms with Crippen molar-refractivity contribution in [3.8, 4) is 11.5 Å². The lowest BCUT2D eigenvalue weighted by atomic mass is 10.1. The Labute approximate surface area is 132 Å². The predicted octanol–water partition coefficient (Wildman–Crippen LogP) is 1.85. The van der Waals surface area contributed by atoms with E-state index in [0.717, 1.165) is 56.0 Å². The molecule has 1 aliphatic rings. The van der Waals surface area contributed by atoms with E-state index in [9.17, 15) is 4.79 Å². The molecule has 0 aromatic heterocycles. The average molecular weight is 306 g/mol. The Bertz CT molecular complexity index is 485. The molecular weight excluding hydrogens is 280 g/mol. The van der Waals surface area contributed by atoms with Crippen molar-refractivity contribution in [2.24, 2.45) is 0 Å². The maximum absolute atomic E-state index is 12.0. The summed E-state index contributed by atoms with van der Waals surface area (Å²) < 4.78 is 10.5. The number of methoxy groups -OCH3 is 2. The lowest BCUT2D eigenvalue weighted by Gasteiger charge is -2.26. The molecule has 0 aliphatic carbocycles. The first kappa shape index (κ1) is 16.6. The van der Waals surface area contributed by atoms with E-state index in [-0.39, 0.29) is 5.91 Å². The smallest absolute Gasteiger partial charge is 0.236 e. The number of nitrogens with zero attached hydrogens (tertiary/aromatic N) is 1. The largest absolute Gasteiger partial charge is 0.493 e. The van der Waals surface area contributed by atoms with Gasteiger partial charge in [-0.15, -0.1) is 0 Å². The number of nitrogens with one attached hydrogen (secondary N) is 1. The van der Waals surface area contributed by atoms with Crippen LogP contribution in [0, 0.1) is 0 Å². The summed E-state index contributed by atoms with van der Waals surface area (Å²) in [4.78, 5) is 14.0. The molecule has 5 heteroatoms. The Balaban J connectivity index is 1.73. The highest BCUT2D eigenvalue weighted by Crippen LogP contribution is 2.27. The standard InChI is InChI=1S/C17H26N2O3/c1-21-15-7-6-14(12-16(15)22-2)8-9-18-13-17(20)19-10-4-3-5-11-19/h6-7,12,18H,3-5,8-11,13H2,1-2H3. The van der Waals surface area contributed by atoms with E-state index in [2.05, 4.69) is 5.32 Å². The van der Waals surface area contributed by atoms with E-state index < -0.39 is 0 Å². The van der Waals surface area contributed by atoms with Crippen LogP contribution in [0.15, 0.2) is 18.2 Å². The van der Waals surface area contributed by atoms with Gasteiger partial charge in [0.2, 0.25) is 5.91 Å². The fourth-order valence-electron chi connectivity index (χ4n) is 2.72. The molecule has 122 valence electrons. The van der Waals surface area contributed by atoms with E-state index in [0.29, 0.717) is 6.54 Å². The fraction of sp³-hybridized carbons (Fsp3) is 0.588. The Hall–Kier alpha value is -1.75. The first-order valence-corrected chi connectivity index (χ1v) is 7.94. The molecule has 0 radical (unpaired) electrons. The van der Waals surface area contributed by atoms with Gasteiger partial charge in [-0.2, -0.15) is 0 Å². The molecule has 1 aromatic rings. The van der Waals surface area contributed by atoms with Crippen LogP contribution in [0.3, 0.4) is 0 Å². The second-order valence-electron chi connectivity index (χ2n) is 5.56. The van der Waals surface area contributed by atoms with Crippen LogP contribution >= 0.6 is 0 Å². The number of likely N-dealkylation sites (tertiary alicyclic amines) is 1. The zero-order chi connectivity index (χ0) is 15.8. The highest BCUT2D eigenvalue weighted by Gasteiger charge is 2.15. The Morgan fingerprint density at radius 3 is 2.55 bits per heavy atom. The molecular formula is C17H26N2O3. The maximum atomic E-state index is 12.0. The molecule has 5 nitrogen and oxygen atoms in total. The number of carbonyl (C=O) groups is 1. The van der Waals surface area contributed by atoms with Crippen LogP contribution in [-0.4, -0.2) is 51.2 Å². The highest BCUT2D eigenvalue weighted by molar-refractivity contribution is 5.78. The van der Waals surface area contributed by atoms with E-state index in [1.165, 1.54) is 6.42 Å². The number of rotatable bonds is 7. The summed E-state index contributed by atoms with van der Waals surface area (Å²) in [6.07, 6.45) is 4.37. The molecule has 1 N–H and O–H groups in total. The molecule has 0 unspecified atom stereocenters.